The van der Waals surface area contributed by atoms with E-state index in [-0.39, 0.29) is 11.5 Å². The van der Waals surface area contributed by atoms with Crippen LogP contribution in [0.3, 0.4) is 0 Å². The number of barbiturate groups is 1. The lowest BCUT2D eigenvalue weighted by molar-refractivity contribution is -0.124. The van der Waals surface area contributed by atoms with Gasteiger partial charge in [0.15, 0.2) is 0 Å². The summed E-state index contributed by atoms with van der Waals surface area (Å²) in [6.45, 7) is 6.23. The molecule has 174 valence electrons. The fourth-order valence-electron chi connectivity index (χ4n) is 3.94. The van der Waals surface area contributed by atoms with Crippen LogP contribution in [0.4, 0.5) is 10.5 Å². The van der Waals surface area contributed by atoms with Crippen LogP contribution in [-0.4, -0.2) is 34.9 Å². The van der Waals surface area contributed by atoms with Gasteiger partial charge in [0.1, 0.15) is 17.9 Å². The van der Waals surface area contributed by atoms with E-state index >= 15 is 0 Å². The molecular formula is C25H24N4O5. The molecule has 0 spiro atoms. The van der Waals surface area contributed by atoms with E-state index < -0.39 is 17.8 Å². The molecule has 0 aliphatic carbocycles. The Hall–Kier alpha value is -4.40. The Kier molecular flexibility index (Phi) is 6.18. The molecule has 0 atom stereocenters. The van der Waals surface area contributed by atoms with Gasteiger partial charge in [-0.3, -0.25) is 25.0 Å². The number of urea groups is 1. The molecule has 9 heteroatoms. The number of benzene rings is 2. The zero-order chi connectivity index (χ0) is 24.4. The van der Waals surface area contributed by atoms with E-state index in [9.17, 15) is 19.2 Å². The highest BCUT2D eigenvalue weighted by Gasteiger charge is 2.28. The van der Waals surface area contributed by atoms with Crippen molar-refractivity contribution in [1.29, 1.82) is 0 Å². The van der Waals surface area contributed by atoms with Gasteiger partial charge in [-0.05, 0) is 56.3 Å². The summed E-state index contributed by atoms with van der Waals surface area (Å²) in [5.41, 5.74) is 4.12. The van der Waals surface area contributed by atoms with Crippen LogP contribution in [0.25, 0.3) is 17.0 Å². The lowest BCUT2D eigenvalue weighted by atomic mass is 10.0. The van der Waals surface area contributed by atoms with Gasteiger partial charge < -0.3 is 14.6 Å². The Morgan fingerprint density at radius 3 is 2.35 bits per heavy atom. The second-order valence-corrected chi connectivity index (χ2v) is 8.02. The summed E-state index contributed by atoms with van der Waals surface area (Å²) >= 11 is 0. The average molecular weight is 460 g/mol. The largest absolute Gasteiger partial charge is 0.492 e. The highest BCUT2D eigenvalue weighted by atomic mass is 16.5. The van der Waals surface area contributed by atoms with Crippen molar-refractivity contribution in [1.82, 2.24) is 15.2 Å². The topological polar surface area (TPSA) is 119 Å². The lowest BCUT2D eigenvalue weighted by Gasteiger charge is -2.14. The van der Waals surface area contributed by atoms with Gasteiger partial charge in [0.2, 0.25) is 5.91 Å². The van der Waals surface area contributed by atoms with E-state index in [0.29, 0.717) is 24.6 Å². The first-order valence-electron chi connectivity index (χ1n) is 10.7. The third-order valence-corrected chi connectivity index (χ3v) is 5.52. The van der Waals surface area contributed by atoms with E-state index in [4.69, 9.17) is 4.74 Å². The van der Waals surface area contributed by atoms with Gasteiger partial charge in [0.05, 0.1) is 6.54 Å². The number of anilines is 1. The molecule has 5 amide bonds. The van der Waals surface area contributed by atoms with Gasteiger partial charge in [-0.25, -0.2) is 4.79 Å². The minimum atomic E-state index is -0.829. The minimum Gasteiger partial charge on any atom is -0.492 e. The van der Waals surface area contributed by atoms with Crippen LogP contribution in [0.15, 0.2) is 48.0 Å². The Morgan fingerprint density at radius 1 is 1.03 bits per heavy atom. The van der Waals surface area contributed by atoms with Crippen LogP contribution in [-0.2, 0) is 20.9 Å². The monoisotopic (exact) mass is 460 g/mol. The van der Waals surface area contributed by atoms with E-state index in [0.717, 1.165) is 27.7 Å². The summed E-state index contributed by atoms with van der Waals surface area (Å²) in [7, 11) is 0. The Balaban J connectivity index is 1.60. The molecule has 1 aliphatic rings. The Morgan fingerprint density at radius 2 is 1.71 bits per heavy atom. The number of fused-ring (bicyclic) bond motifs is 1. The molecule has 0 unspecified atom stereocenters. The lowest BCUT2D eigenvalue weighted by Crippen LogP contribution is -2.51. The van der Waals surface area contributed by atoms with Crippen molar-refractivity contribution in [2.45, 2.75) is 27.3 Å². The van der Waals surface area contributed by atoms with E-state index in [2.05, 4.69) is 20.5 Å². The molecule has 1 aromatic heterocycles. The summed E-state index contributed by atoms with van der Waals surface area (Å²) in [6.07, 6.45) is 1.52. The third kappa shape index (κ3) is 4.68. The standard InChI is InChI=1S/C25H24N4O5/c1-14-4-9-22-20(12-14)19(13-21-23(31)27-25(33)28-24(21)32)15(2)29(22)10-11-34-18-7-5-17(6-8-18)26-16(3)30/h4-9,12-13H,10-11H2,1-3H3,(H,26,30)(H2,27,28,31,32,33). The zero-order valence-corrected chi connectivity index (χ0v) is 19.0. The summed E-state index contributed by atoms with van der Waals surface area (Å²) in [5.74, 6) is -0.929. The maximum atomic E-state index is 12.2. The number of aromatic nitrogens is 1. The molecule has 2 heterocycles. The van der Waals surface area contributed by atoms with Gasteiger partial charge in [-0.2, -0.15) is 0 Å². The molecule has 2 aromatic carbocycles. The molecule has 1 fully saturated rings. The molecule has 34 heavy (non-hydrogen) atoms. The zero-order valence-electron chi connectivity index (χ0n) is 19.0. The van der Waals surface area contributed by atoms with Gasteiger partial charge >= 0.3 is 6.03 Å². The van der Waals surface area contributed by atoms with Crippen LogP contribution in [0, 0.1) is 13.8 Å². The number of nitrogens with one attached hydrogen (secondary N) is 3. The van der Waals surface area contributed by atoms with E-state index in [1.165, 1.54) is 13.0 Å². The number of carbonyl (C=O) groups excluding carboxylic acids is 4. The number of nitrogens with zero attached hydrogens (tertiary/aromatic N) is 1. The molecule has 1 aliphatic heterocycles. The summed E-state index contributed by atoms with van der Waals surface area (Å²) in [4.78, 5) is 47.0. The van der Waals surface area contributed by atoms with Gasteiger partial charge in [-0.1, -0.05) is 11.6 Å². The first-order chi connectivity index (χ1) is 16.2. The van der Waals surface area contributed by atoms with Crippen LogP contribution < -0.4 is 20.7 Å². The van der Waals surface area contributed by atoms with Crippen LogP contribution in [0.5, 0.6) is 5.75 Å². The second-order valence-electron chi connectivity index (χ2n) is 8.02. The van der Waals surface area contributed by atoms with Crippen molar-refractivity contribution < 1.29 is 23.9 Å². The number of hydrogen-bond donors (Lipinski definition) is 3. The molecule has 4 rings (SSSR count). The molecule has 0 radical (unpaired) electrons. The molecule has 9 nitrogen and oxygen atoms in total. The smallest absolute Gasteiger partial charge is 0.328 e. The number of hydrogen-bond acceptors (Lipinski definition) is 5. The molecule has 3 N–H and O–H groups in total. The normalized spacial score (nSPS) is 13.5. The summed E-state index contributed by atoms with van der Waals surface area (Å²) in [5, 5.41) is 7.81. The number of carbonyl (C=O) groups is 4. The van der Waals surface area contributed by atoms with Crippen molar-refractivity contribution in [3.8, 4) is 5.75 Å². The maximum absolute atomic E-state index is 12.2. The fourth-order valence-corrected chi connectivity index (χ4v) is 3.94. The molecular weight excluding hydrogens is 436 g/mol. The number of imide groups is 2. The van der Waals surface area contributed by atoms with Gasteiger partial charge in [-0.15, -0.1) is 0 Å². The number of ether oxygens (including phenoxy) is 1. The summed E-state index contributed by atoms with van der Waals surface area (Å²) in [6, 6.07) is 12.3. The van der Waals surface area contributed by atoms with Gasteiger partial charge in [0.25, 0.3) is 11.8 Å². The minimum absolute atomic E-state index is 0.126. The first-order valence-corrected chi connectivity index (χ1v) is 10.7. The molecule has 0 saturated carbocycles. The third-order valence-electron chi connectivity index (χ3n) is 5.52. The Labute approximate surface area is 195 Å². The van der Waals surface area contributed by atoms with Crippen LogP contribution in [0.1, 0.15) is 23.7 Å². The Bertz CT molecular complexity index is 1330. The van der Waals surface area contributed by atoms with Crippen molar-refractivity contribution in [2.75, 3.05) is 11.9 Å². The highest BCUT2D eigenvalue weighted by molar-refractivity contribution is 6.31. The predicted molar refractivity (Wildman–Crippen MR) is 127 cm³/mol. The van der Waals surface area contributed by atoms with Crippen molar-refractivity contribution in [2.24, 2.45) is 0 Å². The highest BCUT2D eigenvalue weighted by Crippen LogP contribution is 2.29. The van der Waals surface area contributed by atoms with Crippen LogP contribution >= 0.6 is 0 Å². The fraction of sp³-hybridized carbons (Fsp3) is 0.200. The van der Waals surface area contributed by atoms with E-state index in [1.54, 1.807) is 24.3 Å². The quantitative estimate of drug-likeness (QED) is 0.386. The number of amides is 5. The first kappa shape index (κ1) is 22.8. The van der Waals surface area contributed by atoms with Crippen molar-refractivity contribution in [3.05, 3.63) is 64.9 Å². The average Bonchev–Trinajstić information content (AvgIpc) is 3.02. The van der Waals surface area contributed by atoms with Crippen molar-refractivity contribution in [3.63, 3.8) is 0 Å². The predicted octanol–water partition coefficient (Wildman–Crippen LogP) is 3.04. The SMILES string of the molecule is CC(=O)Nc1ccc(OCCn2c(C)c(C=C3C(=O)NC(=O)NC3=O)c3cc(C)ccc32)cc1. The van der Waals surface area contributed by atoms with E-state index in [1.807, 2.05) is 32.0 Å². The maximum Gasteiger partial charge on any atom is 0.328 e. The van der Waals surface area contributed by atoms with Crippen molar-refractivity contribution >= 4 is 46.4 Å². The molecule has 1 saturated heterocycles. The molecule has 3 aromatic rings. The number of rotatable bonds is 6. The second kappa shape index (κ2) is 9.22. The summed E-state index contributed by atoms with van der Waals surface area (Å²) < 4.78 is 7.95. The number of aryl methyl sites for hydroxylation is 1. The molecule has 0 bridgehead atoms. The van der Waals surface area contributed by atoms with Gasteiger partial charge in [0, 0.05) is 34.8 Å². The van der Waals surface area contributed by atoms with Crippen LogP contribution in [0.2, 0.25) is 0 Å².